The molecular weight excluding hydrogens is 340 g/mol. The number of hydrogen-bond donors (Lipinski definition) is 0. The van der Waals surface area contributed by atoms with Crippen LogP contribution in [0.4, 0.5) is 0 Å². The Morgan fingerprint density at radius 3 is 2.89 bits per heavy atom. The number of carbonyl (C=O) groups excluding carboxylic acids is 2. The van der Waals surface area contributed by atoms with Gasteiger partial charge < -0.3 is 9.80 Å². The molecule has 6 nitrogen and oxygen atoms in total. The Kier molecular flexibility index (Phi) is 4.72. The molecule has 2 aliphatic rings. The van der Waals surface area contributed by atoms with Gasteiger partial charge in [0.15, 0.2) is 0 Å². The Labute approximate surface area is 159 Å². The lowest BCUT2D eigenvalue weighted by atomic mass is 9.78. The van der Waals surface area contributed by atoms with Gasteiger partial charge in [-0.25, -0.2) is 0 Å². The lowest BCUT2D eigenvalue weighted by Crippen LogP contribution is -2.50. The number of carbonyl (C=O) groups is 2. The molecule has 0 unspecified atom stereocenters. The molecule has 1 spiro atoms. The van der Waals surface area contributed by atoms with E-state index in [1.54, 1.807) is 17.1 Å². The molecule has 2 aliphatic heterocycles. The number of benzene rings is 1. The Morgan fingerprint density at radius 2 is 2.11 bits per heavy atom. The molecule has 0 aliphatic carbocycles. The summed E-state index contributed by atoms with van der Waals surface area (Å²) < 4.78 is 1.64. The molecular formula is C21H26N4O2. The van der Waals surface area contributed by atoms with Crippen molar-refractivity contribution in [3.8, 4) is 0 Å². The van der Waals surface area contributed by atoms with Crippen molar-refractivity contribution >= 4 is 11.8 Å². The lowest BCUT2D eigenvalue weighted by Gasteiger charge is -2.39. The fourth-order valence-electron chi connectivity index (χ4n) is 4.43. The van der Waals surface area contributed by atoms with Crippen molar-refractivity contribution in [3.05, 3.63) is 53.9 Å². The minimum atomic E-state index is -0.401. The van der Waals surface area contributed by atoms with Gasteiger partial charge in [0, 0.05) is 38.6 Å². The first-order valence-corrected chi connectivity index (χ1v) is 9.66. The van der Waals surface area contributed by atoms with Crippen molar-refractivity contribution < 1.29 is 9.59 Å². The standard InChI is InChI=1S/C21H26N4O2/c1-17-5-2-6-18(13-17)14-23-10-3-7-21(20(23)27)8-12-24(16-21)19(26)15-25-11-4-9-22-25/h2,4-6,9,11,13H,3,7-8,10,12,14-16H2,1H3/t21-/m1/s1. The second kappa shape index (κ2) is 7.18. The molecule has 1 atom stereocenters. The summed E-state index contributed by atoms with van der Waals surface area (Å²) in [4.78, 5) is 29.7. The van der Waals surface area contributed by atoms with Crippen LogP contribution in [0.15, 0.2) is 42.7 Å². The van der Waals surface area contributed by atoms with Crippen LogP contribution in [0.2, 0.25) is 0 Å². The SMILES string of the molecule is Cc1cccc(CN2CCC[C@]3(CCN(C(=O)Cn4cccn4)C3)C2=O)c1. The van der Waals surface area contributed by atoms with Gasteiger partial charge in [0.1, 0.15) is 6.54 Å². The number of amides is 2. The van der Waals surface area contributed by atoms with E-state index in [9.17, 15) is 9.59 Å². The number of likely N-dealkylation sites (tertiary alicyclic amines) is 2. The smallest absolute Gasteiger partial charge is 0.244 e. The van der Waals surface area contributed by atoms with Gasteiger partial charge in [0.25, 0.3) is 0 Å². The van der Waals surface area contributed by atoms with Crippen LogP contribution >= 0.6 is 0 Å². The molecule has 2 amide bonds. The van der Waals surface area contributed by atoms with Gasteiger partial charge in [-0.1, -0.05) is 29.8 Å². The molecule has 2 aromatic rings. The van der Waals surface area contributed by atoms with Crippen molar-refractivity contribution in [2.24, 2.45) is 5.41 Å². The van der Waals surface area contributed by atoms with Crippen molar-refractivity contribution in [1.29, 1.82) is 0 Å². The number of piperidine rings is 1. The maximum Gasteiger partial charge on any atom is 0.244 e. The summed E-state index contributed by atoms with van der Waals surface area (Å²) in [5, 5.41) is 4.11. The summed E-state index contributed by atoms with van der Waals surface area (Å²) >= 11 is 0. The zero-order valence-electron chi connectivity index (χ0n) is 15.8. The Balaban J connectivity index is 1.43. The highest BCUT2D eigenvalue weighted by Crippen LogP contribution is 2.40. The van der Waals surface area contributed by atoms with E-state index in [0.717, 1.165) is 25.8 Å². The number of aromatic nitrogens is 2. The zero-order chi connectivity index (χ0) is 18.9. The van der Waals surface area contributed by atoms with Crippen LogP contribution in [0.3, 0.4) is 0 Å². The first-order chi connectivity index (χ1) is 13.1. The lowest BCUT2D eigenvalue weighted by molar-refractivity contribution is -0.146. The van der Waals surface area contributed by atoms with Crippen LogP contribution < -0.4 is 0 Å². The highest BCUT2D eigenvalue weighted by atomic mass is 16.2. The van der Waals surface area contributed by atoms with Crippen molar-refractivity contribution in [2.45, 2.75) is 39.3 Å². The van der Waals surface area contributed by atoms with E-state index in [2.05, 4.69) is 30.2 Å². The number of nitrogens with zero attached hydrogens (tertiary/aromatic N) is 4. The van der Waals surface area contributed by atoms with E-state index >= 15 is 0 Å². The molecule has 2 saturated heterocycles. The molecule has 142 valence electrons. The molecule has 3 heterocycles. The summed E-state index contributed by atoms with van der Waals surface area (Å²) in [5.41, 5.74) is 1.98. The Bertz CT molecular complexity index is 832. The molecule has 1 aromatic carbocycles. The van der Waals surface area contributed by atoms with E-state index in [1.165, 1.54) is 11.1 Å². The average Bonchev–Trinajstić information content (AvgIpc) is 3.30. The van der Waals surface area contributed by atoms with Crippen molar-refractivity contribution in [2.75, 3.05) is 19.6 Å². The van der Waals surface area contributed by atoms with Crippen molar-refractivity contribution in [1.82, 2.24) is 19.6 Å². The van der Waals surface area contributed by atoms with Crippen LogP contribution in [-0.4, -0.2) is 51.0 Å². The molecule has 0 saturated carbocycles. The molecule has 0 radical (unpaired) electrons. The quantitative estimate of drug-likeness (QED) is 0.834. The maximum absolute atomic E-state index is 13.3. The van der Waals surface area contributed by atoms with Gasteiger partial charge in [0.05, 0.1) is 5.41 Å². The average molecular weight is 366 g/mol. The second-order valence-corrected chi connectivity index (χ2v) is 7.87. The fourth-order valence-corrected chi connectivity index (χ4v) is 4.43. The third kappa shape index (κ3) is 3.61. The summed E-state index contributed by atoms with van der Waals surface area (Å²) in [6, 6.07) is 10.1. The minimum absolute atomic E-state index is 0.0409. The Morgan fingerprint density at radius 1 is 1.22 bits per heavy atom. The monoisotopic (exact) mass is 366 g/mol. The topological polar surface area (TPSA) is 58.4 Å². The Hall–Kier alpha value is -2.63. The van der Waals surface area contributed by atoms with E-state index in [0.29, 0.717) is 19.6 Å². The third-order valence-electron chi connectivity index (χ3n) is 5.84. The first-order valence-electron chi connectivity index (χ1n) is 9.66. The minimum Gasteiger partial charge on any atom is -0.340 e. The normalized spacial score (nSPS) is 22.6. The van der Waals surface area contributed by atoms with Gasteiger partial charge in [-0.3, -0.25) is 14.3 Å². The molecule has 4 rings (SSSR count). The van der Waals surface area contributed by atoms with Gasteiger partial charge in [0.2, 0.25) is 11.8 Å². The predicted octanol–water partition coefficient (Wildman–Crippen LogP) is 2.23. The summed E-state index contributed by atoms with van der Waals surface area (Å²) in [5.74, 6) is 0.254. The second-order valence-electron chi connectivity index (χ2n) is 7.87. The largest absolute Gasteiger partial charge is 0.340 e. The van der Waals surface area contributed by atoms with Crippen LogP contribution in [-0.2, 0) is 22.7 Å². The first kappa shape index (κ1) is 17.8. The number of aryl methyl sites for hydroxylation is 1. The molecule has 0 N–H and O–H groups in total. The van der Waals surface area contributed by atoms with Gasteiger partial charge in [-0.15, -0.1) is 0 Å². The van der Waals surface area contributed by atoms with Gasteiger partial charge in [-0.05, 0) is 37.8 Å². The van der Waals surface area contributed by atoms with E-state index in [4.69, 9.17) is 0 Å². The maximum atomic E-state index is 13.3. The molecule has 0 bridgehead atoms. The molecule has 2 fully saturated rings. The summed E-state index contributed by atoms with van der Waals surface area (Å²) in [6.45, 7) is 4.97. The van der Waals surface area contributed by atoms with Crippen LogP contribution in [0.1, 0.15) is 30.4 Å². The fraction of sp³-hybridized carbons (Fsp3) is 0.476. The molecule has 27 heavy (non-hydrogen) atoms. The third-order valence-corrected chi connectivity index (χ3v) is 5.84. The molecule has 6 heteroatoms. The summed E-state index contributed by atoms with van der Waals surface area (Å²) in [6.07, 6.45) is 6.10. The van der Waals surface area contributed by atoms with Gasteiger partial charge in [-0.2, -0.15) is 5.10 Å². The summed E-state index contributed by atoms with van der Waals surface area (Å²) in [7, 11) is 0. The zero-order valence-corrected chi connectivity index (χ0v) is 15.8. The van der Waals surface area contributed by atoms with Crippen LogP contribution in [0.5, 0.6) is 0 Å². The van der Waals surface area contributed by atoms with E-state index in [1.807, 2.05) is 21.9 Å². The highest BCUT2D eigenvalue weighted by Gasteiger charge is 2.49. The number of rotatable bonds is 4. The van der Waals surface area contributed by atoms with Gasteiger partial charge >= 0.3 is 0 Å². The van der Waals surface area contributed by atoms with Crippen molar-refractivity contribution in [3.63, 3.8) is 0 Å². The predicted molar refractivity (Wildman–Crippen MR) is 102 cm³/mol. The highest BCUT2D eigenvalue weighted by molar-refractivity contribution is 5.86. The van der Waals surface area contributed by atoms with Crippen LogP contribution in [0.25, 0.3) is 0 Å². The van der Waals surface area contributed by atoms with E-state index < -0.39 is 5.41 Å². The van der Waals surface area contributed by atoms with Crippen LogP contribution in [0, 0.1) is 12.3 Å². The molecule has 1 aromatic heterocycles. The number of hydrogen-bond acceptors (Lipinski definition) is 3. The van der Waals surface area contributed by atoms with E-state index in [-0.39, 0.29) is 18.4 Å².